The van der Waals surface area contributed by atoms with Gasteiger partial charge in [-0.2, -0.15) is 0 Å². The lowest BCUT2D eigenvalue weighted by Crippen LogP contribution is -2.36. The van der Waals surface area contributed by atoms with E-state index >= 15 is 0 Å². The molecule has 1 aliphatic heterocycles. The Morgan fingerprint density at radius 3 is 2.35 bits per heavy atom. The molecule has 26 heavy (non-hydrogen) atoms. The van der Waals surface area contributed by atoms with Gasteiger partial charge in [0.2, 0.25) is 0 Å². The lowest BCUT2D eigenvalue weighted by atomic mass is 10.1. The molecule has 136 valence electrons. The van der Waals surface area contributed by atoms with E-state index in [1.165, 1.54) is 18.2 Å². The Balaban J connectivity index is 1.91. The average Bonchev–Trinajstić information content (AvgIpc) is 2.81. The molecule has 8 heteroatoms. The highest BCUT2D eigenvalue weighted by molar-refractivity contribution is 7.90. The van der Waals surface area contributed by atoms with Crippen LogP contribution in [0.5, 0.6) is 5.75 Å². The summed E-state index contributed by atoms with van der Waals surface area (Å²) in [4.78, 5) is 24.6. The van der Waals surface area contributed by atoms with Crippen LogP contribution in [-0.4, -0.2) is 37.7 Å². The normalized spacial score (nSPS) is 15.1. The third kappa shape index (κ3) is 2.92. The van der Waals surface area contributed by atoms with E-state index in [1.807, 2.05) is 0 Å². The molecule has 1 N–H and O–H groups in total. The summed E-state index contributed by atoms with van der Waals surface area (Å²) >= 11 is 0. The van der Waals surface area contributed by atoms with Gasteiger partial charge >= 0.3 is 0 Å². The van der Waals surface area contributed by atoms with E-state index in [-0.39, 0.29) is 16.0 Å². The van der Waals surface area contributed by atoms with Gasteiger partial charge in [-0.1, -0.05) is 0 Å². The molecule has 1 heterocycles. The van der Waals surface area contributed by atoms with E-state index in [4.69, 9.17) is 4.74 Å². The van der Waals surface area contributed by atoms with Gasteiger partial charge in [-0.3, -0.25) is 9.59 Å². The second-order valence-electron chi connectivity index (χ2n) is 6.09. The minimum absolute atomic E-state index is 0.0831. The van der Waals surface area contributed by atoms with Crippen molar-refractivity contribution in [1.82, 2.24) is 4.31 Å². The van der Waals surface area contributed by atoms with Crippen molar-refractivity contribution in [3.63, 3.8) is 0 Å². The van der Waals surface area contributed by atoms with Gasteiger partial charge in [-0.25, -0.2) is 12.7 Å². The summed E-state index contributed by atoms with van der Waals surface area (Å²) in [6, 6.07) is 10.3. The Hall–Kier alpha value is -2.87. The Morgan fingerprint density at radius 1 is 1.12 bits per heavy atom. The number of methoxy groups -OCH3 is 1. The number of anilines is 1. The second kappa shape index (κ2) is 6.45. The van der Waals surface area contributed by atoms with Crippen LogP contribution in [0.4, 0.5) is 5.69 Å². The number of nitrogens with one attached hydrogen (secondary N) is 1. The highest BCUT2D eigenvalue weighted by Gasteiger charge is 2.42. The van der Waals surface area contributed by atoms with Gasteiger partial charge in [0.1, 0.15) is 10.6 Å². The summed E-state index contributed by atoms with van der Waals surface area (Å²) in [5.41, 5.74) is 0.778. The van der Waals surface area contributed by atoms with Crippen LogP contribution in [0.25, 0.3) is 0 Å². The van der Waals surface area contributed by atoms with Crippen molar-refractivity contribution < 1.29 is 22.7 Å². The van der Waals surface area contributed by atoms with Gasteiger partial charge < -0.3 is 10.1 Å². The molecule has 0 unspecified atom stereocenters. The molecule has 0 saturated heterocycles. The highest BCUT2D eigenvalue weighted by Crippen LogP contribution is 2.32. The SMILES string of the molecule is COc1ccc(NC(=O)c2ccc3c(c2)S(=O)(=O)N(C(C)C)C3=O)cc1. The van der Waals surface area contributed by atoms with Gasteiger partial charge in [-0.05, 0) is 56.3 Å². The van der Waals surface area contributed by atoms with Crippen molar-refractivity contribution in [2.24, 2.45) is 0 Å². The fourth-order valence-electron chi connectivity index (χ4n) is 2.78. The minimum atomic E-state index is -3.95. The molecule has 0 spiro atoms. The van der Waals surface area contributed by atoms with Crippen LogP contribution in [0.1, 0.15) is 34.6 Å². The zero-order valence-corrected chi connectivity index (χ0v) is 15.3. The number of hydrogen-bond donors (Lipinski definition) is 1. The largest absolute Gasteiger partial charge is 0.497 e. The topological polar surface area (TPSA) is 92.8 Å². The standard InChI is InChI=1S/C18H18N2O5S/c1-11(2)20-18(22)15-9-4-12(10-16(15)26(20,23)24)17(21)19-13-5-7-14(25-3)8-6-13/h4-11H,1-3H3,(H,19,21). The van der Waals surface area contributed by atoms with Crippen LogP contribution in [-0.2, 0) is 10.0 Å². The zero-order valence-electron chi connectivity index (χ0n) is 14.5. The quantitative estimate of drug-likeness (QED) is 0.888. The number of nitrogens with zero attached hydrogens (tertiary/aromatic N) is 1. The maximum atomic E-state index is 12.6. The molecule has 2 amide bonds. The van der Waals surface area contributed by atoms with E-state index in [0.29, 0.717) is 11.4 Å². The smallest absolute Gasteiger partial charge is 0.269 e. The van der Waals surface area contributed by atoms with E-state index in [0.717, 1.165) is 4.31 Å². The van der Waals surface area contributed by atoms with Crippen molar-refractivity contribution in [3.05, 3.63) is 53.6 Å². The number of carbonyl (C=O) groups is 2. The summed E-state index contributed by atoms with van der Waals surface area (Å²) in [5.74, 6) is -0.389. The molecule has 2 aromatic carbocycles. The number of sulfonamides is 1. The van der Waals surface area contributed by atoms with Gasteiger partial charge in [-0.15, -0.1) is 0 Å². The molecule has 0 radical (unpaired) electrons. The number of amides is 2. The second-order valence-corrected chi connectivity index (χ2v) is 7.88. The molecule has 3 rings (SSSR count). The Morgan fingerprint density at radius 2 is 1.77 bits per heavy atom. The van der Waals surface area contributed by atoms with Crippen LogP contribution >= 0.6 is 0 Å². The number of benzene rings is 2. The molecule has 0 fully saturated rings. The monoisotopic (exact) mass is 374 g/mol. The molecular formula is C18H18N2O5S. The zero-order chi connectivity index (χ0) is 19.1. The van der Waals surface area contributed by atoms with Crippen molar-refractivity contribution in [3.8, 4) is 5.75 Å². The number of carbonyl (C=O) groups excluding carboxylic acids is 2. The van der Waals surface area contributed by atoms with Crippen molar-refractivity contribution in [2.45, 2.75) is 24.8 Å². The number of ether oxygens (including phenoxy) is 1. The van der Waals surface area contributed by atoms with Crippen LogP contribution in [0.15, 0.2) is 47.4 Å². The van der Waals surface area contributed by atoms with Crippen molar-refractivity contribution in [1.29, 1.82) is 0 Å². The van der Waals surface area contributed by atoms with E-state index in [1.54, 1.807) is 45.2 Å². The lowest BCUT2D eigenvalue weighted by Gasteiger charge is -2.18. The van der Waals surface area contributed by atoms with Gasteiger partial charge in [0.25, 0.3) is 21.8 Å². The summed E-state index contributed by atoms with van der Waals surface area (Å²) in [6.07, 6.45) is 0. The van der Waals surface area contributed by atoms with Crippen LogP contribution in [0, 0.1) is 0 Å². The van der Waals surface area contributed by atoms with Gasteiger partial charge in [0.05, 0.1) is 12.7 Å². The first-order chi connectivity index (χ1) is 12.3. The summed E-state index contributed by atoms with van der Waals surface area (Å²) < 4.78 is 31.1. The molecule has 0 atom stereocenters. The van der Waals surface area contributed by atoms with Crippen LogP contribution in [0.3, 0.4) is 0 Å². The first-order valence-corrected chi connectivity index (χ1v) is 9.38. The first-order valence-electron chi connectivity index (χ1n) is 7.94. The van der Waals surface area contributed by atoms with Crippen molar-refractivity contribution >= 4 is 27.5 Å². The number of hydrogen-bond acceptors (Lipinski definition) is 5. The van der Waals surface area contributed by atoms with Gasteiger partial charge in [0, 0.05) is 17.3 Å². The van der Waals surface area contributed by atoms with E-state index in [2.05, 4.69) is 5.32 Å². The highest BCUT2D eigenvalue weighted by atomic mass is 32.2. The molecular weight excluding hydrogens is 356 g/mol. The predicted octanol–water partition coefficient (Wildman–Crippen LogP) is 2.50. The van der Waals surface area contributed by atoms with Gasteiger partial charge in [0.15, 0.2) is 0 Å². The Bertz CT molecular complexity index is 981. The summed E-state index contributed by atoms with van der Waals surface area (Å²) in [7, 11) is -2.40. The molecule has 0 saturated carbocycles. The molecule has 7 nitrogen and oxygen atoms in total. The van der Waals surface area contributed by atoms with E-state index < -0.39 is 27.9 Å². The third-order valence-corrected chi connectivity index (χ3v) is 6.03. The maximum Gasteiger partial charge on any atom is 0.269 e. The number of rotatable bonds is 4. The average molecular weight is 374 g/mol. The minimum Gasteiger partial charge on any atom is -0.497 e. The molecule has 0 bridgehead atoms. The van der Waals surface area contributed by atoms with Crippen molar-refractivity contribution in [2.75, 3.05) is 12.4 Å². The predicted molar refractivity (Wildman–Crippen MR) is 95.9 cm³/mol. The summed E-state index contributed by atoms with van der Waals surface area (Å²) in [5, 5.41) is 2.69. The fraction of sp³-hybridized carbons (Fsp3) is 0.222. The Kier molecular flexibility index (Phi) is 4.45. The Labute approximate surface area is 151 Å². The lowest BCUT2D eigenvalue weighted by molar-refractivity contribution is 0.0846. The fourth-order valence-corrected chi connectivity index (χ4v) is 4.57. The van der Waals surface area contributed by atoms with Crippen LogP contribution < -0.4 is 10.1 Å². The molecule has 0 aromatic heterocycles. The number of fused-ring (bicyclic) bond motifs is 1. The maximum absolute atomic E-state index is 12.6. The van der Waals surface area contributed by atoms with Crippen LogP contribution in [0.2, 0.25) is 0 Å². The first kappa shape index (κ1) is 17.9. The molecule has 1 aliphatic rings. The molecule has 2 aromatic rings. The third-order valence-electron chi connectivity index (χ3n) is 4.03. The van der Waals surface area contributed by atoms with E-state index in [9.17, 15) is 18.0 Å². The summed E-state index contributed by atoms with van der Waals surface area (Å²) in [6.45, 7) is 3.25. The molecule has 0 aliphatic carbocycles.